The van der Waals surface area contributed by atoms with Gasteiger partial charge in [0.2, 0.25) is 5.91 Å². The van der Waals surface area contributed by atoms with Gasteiger partial charge < -0.3 is 4.90 Å². The van der Waals surface area contributed by atoms with Crippen molar-refractivity contribution in [3.63, 3.8) is 0 Å². The zero-order chi connectivity index (χ0) is 16.0. The van der Waals surface area contributed by atoms with Crippen LogP contribution in [0, 0.1) is 6.92 Å². The Morgan fingerprint density at radius 2 is 2.09 bits per heavy atom. The van der Waals surface area contributed by atoms with Crippen LogP contribution in [0.25, 0.3) is 11.3 Å². The van der Waals surface area contributed by atoms with E-state index in [1.807, 2.05) is 26.1 Å². The third-order valence-corrected chi connectivity index (χ3v) is 5.67. The Hall–Kier alpha value is -2.05. The molecule has 2 aromatic heterocycles. The Morgan fingerprint density at radius 3 is 2.87 bits per heavy atom. The molecule has 3 heterocycles. The number of likely N-dealkylation sites (N-methyl/N-ethyl adjacent to an activating group) is 1. The molecule has 4 rings (SSSR count). The summed E-state index contributed by atoms with van der Waals surface area (Å²) in [5.74, 6) is 0.148. The van der Waals surface area contributed by atoms with Crippen molar-refractivity contribution >= 4 is 34.3 Å². The van der Waals surface area contributed by atoms with Crippen LogP contribution in [0.4, 0.5) is 5.69 Å². The molecule has 6 heteroatoms. The van der Waals surface area contributed by atoms with Crippen LogP contribution in [-0.4, -0.2) is 22.9 Å². The van der Waals surface area contributed by atoms with E-state index in [0.717, 1.165) is 44.6 Å². The van der Waals surface area contributed by atoms with Gasteiger partial charge in [0.05, 0.1) is 27.8 Å². The number of fused-ring (bicyclic) bond motifs is 1. The fourth-order valence-electron chi connectivity index (χ4n) is 2.80. The van der Waals surface area contributed by atoms with Crippen LogP contribution < -0.4 is 4.90 Å². The second-order valence-electron chi connectivity index (χ2n) is 5.63. The normalized spacial score (nSPS) is 13.7. The topological polar surface area (TPSA) is 46.1 Å². The average Bonchev–Trinajstić information content (AvgIpc) is 3.22. The molecule has 1 aromatic carbocycles. The first-order valence-electron chi connectivity index (χ1n) is 7.35. The van der Waals surface area contributed by atoms with Gasteiger partial charge in [-0.2, -0.15) is 0 Å². The smallest absolute Gasteiger partial charge is 0.231 e. The van der Waals surface area contributed by atoms with Gasteiger partial charge in [0.1, 0.15) is 0 Å². The molecule has 1 aliphatic heterocycles. The largest absolute Gasteiger partial charge is 0.315 e. The first-order chi connectivity index (χ1) is 11.1. The standard InChI is InChI=1S/C17H15N3OS2/c1-10-18-13(8-22-10)7-16-19-14(9-23-16)11-3-4-15-12(5-11)6-17(21)20(15)2/h3-5,8-9H,6-7H2,1-2H3. The highest BCUT2D eigenvalue weighted by Gasteiger charge is 2.24. The van der Waals surface area contributed by atoms with E-state index in [1.165, 1.54) is 0 Å². The third-order valence-electron chi connectivity index (χ3n) is 4.00. The fraction of sp³-hybridized carbons (Fsp3) is 0.235. The fourth-order valence-corrected chi connectivity index (χ4v) is 4.23. The second-order valence-corrected chi connectivity index (χ2v) is 7.64. The number of amides is 1. The van der Waals surface area contributed by atoms with Gasteiger partial charge in [0.15, 0.2) is 0 Å². The molecule has 0 atom stereocenters. The molecule has 1 aliphatic rings. The quantitative estimate of drug-likeness (QED) is 0.730. The van der Waals surface area contributed by atoms with Gasteiger partial charge in [-0.15, -0.1) is 22.7 Å². The Morgan fingerprint density at radius 1 is 1.22 bits per heavy atom. The van der Waals surface area contributed by atoms with E-state index in [1.54, 1.807) is 27.6 Å². The monoisotopic (exact) mass is 341 g/mol. The van der Waals surface area contributed by atoms with E-state index in [2.05, 4.69) is 21.8 Å². The van der Waals surface area contributed by atoms with Gasteiger partial charge in [-0.25, -0.2) is 9.97 Å². The minimum absolute atomic E-state index is 0.148. The number of carbonyl (C=O) groups excluding carboxylic acids is 1. The molecule has 3 aromatic rings. The van der Waals surface area contributed by atoms with E-state index in [-0.39, 0.29) is 5.91 Å². The van der Waals surface area contributed by atoms with Crippen molar-refractivity contribution in [2.45, 2.75) is 19.8 Å². The number of thiazole rings is 2. The molecule has 0 unspecified atom stereocenters. The highest BCUT2D eigenvalue weighted by Crippen LogP contribution is 2.32. The molecule has 0 fully saturated rings. The lowest BCUT2D eigenvalue weighted by Gasteiger charge is -2.09. The molecule has 0 saturated heterocycles. The van der Waals surface area contributed by atoms with E-state index in [0.29, 0.717) is 6.42 Å². The average molecular weight is 341 g/mol. The van der Waals surface area contributed by atoms with Gasteiger partial charge in [0.25, 0.3) is 0 Å². The molecule has 1 amide bonds. The minimum atomic E-state index is 0.148. The predicted octanol–water partition coefficient (Wildman–Crippen LogP) is 3.68. The van der Waals surface area contributed by atoms with Crippen molar-refractivity contribution in [3.8, 4) is 11.3 Å². The Kier molecular flexibility index (Phi) is 3.50. The molecule has 116 valence electrons. The molecule has 23 heavy (non-hydrogen) atoms. The number of anilines is 1. The molecular weight excluding hydrogens is 326 g/mol. The van der Waals surface area contributed by atoms with Crippen molar-refractivity contribution in [1.82, 2.24) is 9.97 Å². The van der Waals surface area contributed by atoms with Crippen LogP contribution in [0.15, 0.2) is 29.0 Å². The molecule has 0 bridgehead atoms. The Bertz CT molecular complexity index is 897. The van der Waals surface area contributed by atoms with Crippen molar-refractivity contribution in [2.24, 2.45) is 0 Å². The number of aryl methyl sites for hydroxylation is 1. The minimum Gasteiger partial charge on any atom is -0.315 e. The Labute approximate surface area is 142 Å². The number of hydrogen-bond donors (Lipinski definition) is 0. The zero-order valence-corrected chi connectivity index (χ0v) is 14.5. The van der Waals surface area contributed by atoms with Gasteiger partial charge in [-0.1, -0.05) is 6.07 Å². The Balaban J connectivity index is 1.60. The van der Waals surface area contributed by atoms with Gasteiger partial charge >= 0.3 is 0 Å². The van der Waals surface area contributed by atoms with Gasteiger partial charge in [-0.3, -0.25) is 4.79 Å². The lowest BCUT2D eigenvalue weighted by molar-refractivity contribution is -0.117. The molecule has 4 nitrogen and oxygen atoms in total. The summed E-state index contributed by atoms with van der Waals surface area (Å²) in [5, 5.41) is 6.33. The summed E-state index contributed by atoms with van der Waals surface area (Å²) in [4.78, 5) is 22.7. The van der Waals surface area contributed by atoms with Gasteiger partial charge in [-0.05, 0) is 24.6 Å². The summed E-state index contributed by atoms with van der Waals surface area (Å²) in [5.41, 5.74) is 5.21. The lowest BCUT2D eigenvalue weighted by atomic mass is 10.1. The predicted molar refractivity (Wildman–Crippen MR) is 94.3 cm³/mol. The van der Waals surface area contributed by atoms with Crippen LogP contribution in [0.3, 0.4) is 0 Å². The summed E-state index contributed by atoms with van der Waals surface area (Å²) in [6.07, 6.45) is 1.26. The van der Waals surface area contributed by atoms with Gasteiger partial charge in [0, 0.05) is 35.5 Å². The molecule has 0 radical (unpaired) electrons. The number of benzene rings is 1. The number of nitrogens with zero attached hydrogens (tertiary/aromatic N) is 3. The van der Waals surface area contributed by atoms with E-state index in [9.17, 15) is 4.79 Å². The number of aromatic nitrogens is 2. The van der Waals surface area contributed by atoms with Crippen molar-refractivity contribution in [3.05, 3.63) is 50.2 Å². The summed E-state index contributed by atoms with van der Waals surface area (Å²) in [6, 6.07) is 6.14. The third kappa shape index (κ3) is 2.68. The number of carbonyl (C=O) groups is 1. The van der Waals surface area contributed by atoms with Crippen LogP contribution in [0.1, 0.15) is 21.3 Å². The first-order valence-corrected chi connectivity index (χ1v) is 9.11. The maximum Gasteiger partial charge on any atom is 0.231 e. The van der Waals surface area contributed by atoms with E-state index >= 15 is 0 Å². The second kappa shape index (κ2) is 5.54. The molecule has 0 saturated carbocycles. The maximum atomic E-state index is 11.8. The highest BCUT2D eigenvalue weighted by atomic mass is 32.1. The number of hydrogen-bond acceptors (Lipinski definition) is 5. The van der Waals surface area contributed by atoms with Crippen molar-refractivity contribution < 1.29 is 4.79 Å². The van der Waals surface area contributed by atoms with Crippen molar-refractivity contribution in [1.29, 1.82) is 0 Å². The highest BCUT2D eigenvalue weighted by molar-refractivity contribution is 7.10. The van der Waals surface area contributed by atoms with Crippen molar-refractivity contribution in [2.75, 3.05) is 11.9 Å². The maximum absolute atomic E-state index is 11.8. The summed E-state index contributed by atoms with van der Waals surface area (Å²) >= 11 is 3.33. The van der Waals surface area contributed by atoms with Crippen LogP contribution in [-0.2, 0) is 17.6 Å². The summed E-state index contributed by atoms with van der Waals surface area (Å²) < 4.78 is 0. The molecule has 0 spiro atoms. The molecule has 0 N–H and O–H groups in total. The summed E-state index contributed by atoms with van der Waals surface area (Å²) in [6.45, 7) is 2.02. The van der Waals surface area contributed by atoms with E-state index < -0.39 is 0 Å². The van der Waals surface area contributed by atoms with Crippen LogP contribution >= 0.6 is 22.7 Å². The zero-order valence-electron chi connectivity index (χ0n) is 12.9. The molecule has 0 aliphatic carbocycles. The lowest BCUT2D eigenvalue weighted by Crippen LogP contribution is -2.20. The molecular formula is C17H15N3OS2. The van der Waals surface area contributed by atoms with Crippen LogP contribution in [0.2, 0.25) is 0 Å². The SMILES string of the molecule is Cc1nc(Cc2nc(-c3ccc4c(c3)CC(=O)N4C)cs2)cs1. The van der Waals surface area contributed by atoms with Crippen LogP contribution in [0.5, 0.6) is 0 Å². The van der Waals surface area contributed by atoms with E-state index in [4.69, 9.17) is 4.98 Å². The number of rotatable bonds is 3. The first kappa shape index (κ1) is 14.5. The summed E-state index contributed by atoms with van der Waals surface area (Å²) in [7, 11) is 1.82.